The average molecular weight is 253 g/mol. The van der Waals surface area contributed by atoms with Crippen molar-refractivity contribution in [1.82, 2.24) is 4.98 Å². The SMILES string of the molecule is CCCNc1cccc(NC(C)CSCC)n1. The van der Waals surface area contributed by atoms with Crippen LogP contribution in [0.5, 0.6) is 0 Å². The van der Waals surface area contributed by atoms with Gasteiger partial charge in [0.25, 0.3) is 0 Å². The molecule has 0 radical (unpaired) electrons. The third kappa shape index (κ3) is 5.82. The summed E-state index contributed by atoms with van der Waals surface area (Å²) in [7, 11) is 0. The Bertz CT molecular complexity index is 317. The van der Waals surface area contributed by atoms with Crippen LogP contribution in [0.3, 0.4) is 0 Å². The minimum Gasteiger partial charge on any atom is -0.370 e. The first-order valence-corrected chi connectivity index (χ1v) is 7.47. The maximum Gasteiger partial charge on any atom is 0.128 e. The van der Waals surface area contributed by atoms with E-state index in [0.29, 0.717) is 6.04 Å². The predicted octanol–water partition coefficient (Wildman–Crippen LogP) is 3.46. The van der Waals surface area contributed by atoms with Crippen LogP contribution < -0.4 is 10.6 Å². The summed E-state index contributed by atoms with van der Waals surface area (Å²) in [5, 5.41) is 6.72. The summed E-state index contributed by atoms with van der Waals surface area (Å²) in [6, 6.07) is 6.51. The second-order valence-corrected chi connectivity index (χ2v) is 5.36. The van der Waals surface area contributed by atoms with Gasteiger partial charge in [-0.05, 0) is 31.2 Å². The molecule has 1 aromatic rings. The van der Waals surface area contributed by atoms with E-state index < -0.39 is 0 Å². The van der Waals surface area contributed by atoms with Gasteiger partial charge in [0, 0.05) is 18.3 Å². The zero-order valence-corrected chi connectivity index (χ0v) is 11.8. The Morgan fingerprint density at radius 3 is 2.76 bits per heavy atom. The summed E-state index contributed by atoms with van der Waals surface area (Å²) in [5.74, 6) is 4.19. The van der Waals surface area contributed by atoms with Crippen molar-refractivity contribution in [3.63, 3.8) is 0 Å². The molecule has 0 amide bonds. The lowest BCUT2D eigenvalue weighted by molar-refractivity contribution is 0.900. The van der Waals surface area contributed by atoms with Crippen LogP contribution in [0.4, 0.5) is 11.6 Å². The van der Waals surface area contributed by atoms with Crippen molar-refractivity contribution in [2.75, 3.05) is 28.7 Å². The molecule has 2 N–H and O–H groups in total. The lowest BCUT2D eigenvalue weighted by Crippen LogP contribution is -2.19. The average Bonchev–Trinajstić information content (AvgIpc) is 2.34. The van der Waals surface area contributed by atoms with Gasteiger partial charge in [0.05, 0.1) is 0 Å². The van der Waals surface area contributed by atoms with Gasteiger partial charge in [0.1, 0.15) is 11.6 Å². The fourth-order valence-corrected chi connectivity index (χ4v) is 2.13. The van der Waals surface area contributed by atoms with Gasteiger partial charge in [-0.25, -0.2) is 4.98 Å². The first-order chi connectivity index (χ1) is 8.26. The maximum absolute atomic E-state index is 4.53. The quantitative estimate of drug-likeness (QED) is 0.744. The van der Waals surface area contributed by atoms with Crippen LogP contribution in [0, 0.1) is 0 Å². The van der Waals surface area contributed by atoms with Crippen molar-refractivity contribution in [1.29, 1.82) is 0 Å². The minimum absolute atomic E-state index is 0.453. The van der Waals surface area contributed by atoms with E-state index in [1.165, 1.54) is 0 Å². The van der Waals surface area contributed by atoms with Gasteiger partial charge in [-0.1, -0.05) is 19.9 Å². The van der Waals surface area contributed by atoms with E-state index in [9.17, 15) is 0 Å². The Morgan fingerprint density at radius 2 is 2.06 bits per heavy atom. The van der Waals surface area contributed by atoms with Crippen molar-refractivity contribution in [2.24, 2.45) is 0 Å². The molecule has 0 spiro atoms. The van der Waals surface area contributed by atoms with Crippen LogP contribution in [-0.2, 0) is 0 Å². The summed E-state index contributed by atoms with van der Waals surface area (Å²) >= 11 is 1.95. The Hall–Kier alpha value is -0.900. The van der Waals surface area contributed by atoms with Gasteiger partial charge in [-0.3, -0.25) is 0 Å². The van der Waals surface area contributed by atoms with E-state index in [1.54, 1.807) is 0 Å². The summed E-state index contributed by atoms with van der Waals surface area (Å²) in [5.41, 5.74) is 0. The molecule has 0 aliphatic rings. The van der Waals surface area contributed by atoms with Crippen molar-refractivity contribution < 1.29 is 0 Å². The Kier molecular flexibility index (Phi) is 6.86. The van der Waals surface area contributed by atoms with Crippen molar-refractivity contribution in [3.8, 4) is 0 Å². The molecule has 0 aromatic carbocycles. The molecule has 0 aliphatic carbocycles. The number of rotatable bonds is 8. The molecule has 17 heavy (non-hydrogen) atoms. The van der Waals surface area contributed by atoms with Crippen LogP contribution in [0.1, 0.15) is 27.2 Å². The van der Waals surface area contributed by atoms with E-state index >= 15 is 0 Å². The van der Waals surface area contributed by atoms with Crippen LogP contribution >= 0.6 is 11.8 Å². The molecule has 0 fully saturated rings. The molecule has 0 saturated heterocycles. The molecule has 1 heterocycles. The molecule has 1 aromatic heterocycles. The highest BCUT2D eigenvalue weighted by atomic mass is 32.2. The van der Waals surface area contributed by atoms with Gasteiger partial charge in [0.15, 0.2) is 0 Å². The van der Waals surface area contributed by atoms with Gasteiger partial charge in [-0.15, -0.1) is 0 Å². The van der Waals surface area contributed by atoms with Crippen LogP contribution in [0.25, 0.3) is 0 Å². The number of pyridine rings is 1. The molecular weight excluding hydrogens is 230 g/mol. The molecule has 1 atom stereocenters. The first-order valence-electron chi connectivity index (χ1n) is 6.31. The largest absolute Gasteiger partial charge is 0.370 e. The van der Waals surface area contributed by atoms with Crippen molar-refractivity contribution >= 4 is 23.4 Å². The number of hydrogen-bond donors (Lipinski definition) is 2. The van der Waals surface area contributed by atoms with Gasteiger partial charge in [-0.2, -0.15) is 11.8 Å². The molecule has 1 rings (SSSR count). The third-order valence-electron chi connectivity index (χ3n) is 2.27. The van der Waals surface area contributed by atoms with E-state index in [4.69, 9.17) is 0 Å². The zero-order valence-electron chi connectivity index (χ0n) is 11.0. The van der Waals surface area contributed by atoms with Gasteiger partial charge >= 0.3 is 0 Å². The Labute approximate surface area is 109 Å². The van der Waals surface area contributed by atoms with E-state index in [1.807, 2.05) is 30.0 Å². The number of aromatic nitrogens is 1. The van der Waals surface area contributed by atoms with Gasteiger partial charge in [0.2, 0.25) is 0 Å². The summed E-state index contributed by atoms with van der Waals surface area (Å²) in [4.78, 5) is 4.53. The smallest absolute Gasteiger partial charge is 0.128 e. The highest BCUT2D eigenvalue weighted by molar-refractivity contribution is 7.99. The molecule has 4 heteroatoms. The molecule has 1 unspecified atom stereocenters. The summed E-state index contributed by atoms with van der Waals surface area (Å²) < 4.78 is 0. The first kappa shape index (κ1) is 14.2. The molecular formula is C13H23N3S. The Balaban J connectivity index is 2.47. The number of hydrogen-bond acceptors (Lipinski definition) is 4. The normalized spacial score (nSPS) is 12.2. The highest BCUT2D eigenvalue weighted by Gasteiger charge is 2.03. The lowest BCUT2D eigenvalue weighted by atomic mass is 10.3. The number of anilines is 2. The number of nitrogens with one attached hydrogen (secondary N) is 2. The second kappa shape index (κ2) is 8.23. The third-order valence-corrected chi connectivity index (χ3v) is 3.42. The summed E-state index contributed by atoms with van der Waals surface area (Å²) in [6.45, 7) is 7.50. The molecule has 3 nitrogen and oxygen atoms in total. The van der Waals surface area contributed by atoms with Crippen LogP contribution in [-0.4, -0.2) is 29.1 Å². The lowest BCUT2D eigenvalue weighted by Gasteiger charge is -2.14. The second-order valence-electron chi connectivity index (χ2n) is 4.04. The Morgan fingerprint density at radius 1 is 1.29 bits per heavy atom. The predicted molar refractivity (Wildman–Crippen MR) is 79.1 cm³/mol. The van der Waals surface area contributed by atoms with Crippen LogP contribution in [0.2, 0.25) is 0 Å². The van der Waals surface area contributed by atoms with Crippen molar-refractivity contribution in [2.45, 2.75) is 33.2 Å². The van der Waals surface area contributed by atoms with Gasteiger partial charge < -0.3 is 10.6 Å². The molecule has 0 aliphatic heterocycles. The van der Waals surface area contributed by atoms with E-state index in [-0.39, 0.29) is 0 Å². The topological polar surface area (TPSA) is 37.0 Å². The van der Waals surface area contributed by atoms with Crippen LogP contribution in [0.15, 0.2) is 18.2 Å². The minimum atomic E-state index is 0.453. The molecule has 0 bridgehead atoms. The fraction of sp³-hybridized carbons (Fsp3) is 0.615. The van der Waals surface area contributed by atoms with Crippen molar-refractivity contribution in [3.05, 3.63) is 18.2 Å². The number of nitrogens with zero attached hydrogens (tertiary/aromatic N) is 1. The van der Waals surface area contributed by atoms with E-state index in [0.717, 1.165) is 36.1 Å². The highest BCUT2D eigenvalue weighted by Crippen LogP contribution is 2.12. The fourth-order valence-electron chi connectivity index (χ4n) is 1.46. The maximum atomic E-state index is 4.53. The number of thioether (sulfide) groups is 1. The summed E-state index contributed by atoms with van der Waals surface area (Å²) in [6.07, 6.45) is 1.11. The molecule has 0 saturated carbocycles. The van der Waals surface area contributed by atoms with E-state index in [2.05, 4.69) is 36.4 Å². The monoisotopic (exact) mass is 253 g/mol. The zero-order chi connectivity index (χ0) is 12.5. The standard InChI is InChI=1S/C13H23N3S/c1-4-9-14-12-7-6-8-13(16-12)15-11(3)10-17-5-2/h6-8,11H,4-5,9-10H2,1-3H3,(H2,14,15,16). The molecule has 96 valence electrons.